The van der Waals surface area contributed by atoms with Gasteiger partial charge in [0.05, 0.1) is 18.3 Å². The van der Waals surface area contributed by atoms with Crippen molar-refractivity contribution in [2.75, 3.05) is 26.7 Å². The van der Waals surface area contributed by atoms with Gasteiger partial charge in [-0.2, -0.15) is 0 Å². The average Bonchev–Trinajstić information content (AvgIpc) is 3.51. The van der Waals surface area contributed by atoms with Gasteiger partial charge in [-0.1, -0.05) is 57.7 Å². The smallest absolute Gasteiger partial charge is 0.347 e. The highest BCUT2D eigenvalue weighted by Crippen LogP contribution is 2.25. The van der Waals surface area contributed by atoms with Crippen molar-refractivity contribution in [3.63, 3.8) is 0 Å². The molecule has 1 fully saturated rings. The van der Waals surface area contributed by atoms with Gasteiger partial charge in [0, 0.05) is 45.4 Å². The second kappa shape index (κ2) is 19.2. The summed E-state index contributed by atoms with van der Waals surface area (Å²) in [6.45, 7) is 5.96. The number of nitrogens with zero attached hydrogens (tertiary/aromatic N) is 3. The largest absolute Gasteiger partial charge is 0.478 e. The summed E-state index contributed by atoms with van der Waals surface area (Å²) in [5, 5.41) is 16.6. The van der Waals surface area contributed by atoms with E-state index in [0.717, 1.165) is 37.7 Å². The van der Waals surface area contributed by atoms with Crippen LogP contribution in [0.3, 0.4) is 0 Å². The lowest BCUT2D eigenvalue weighted by Crippen LogP contribution is -2.57. The van der Waals surface area contributed by atoms with Gasteiger partial charge in [-0.3, -0.25) is 24.2 Å². The number of esters is 1. The summed E-state index contributed by atoms with van der Waals surface area (Å²) in [4.78, 5) is 75.4. The van der Waals surface area contributed by atoms with E-state index in [0.29, 0.717) is 13.0 Å². The molecule has 278 valence electrons. The summed E-state index contributed by atoms with van der Waals surface area (Å²) >= 11 is 0. The van der Waals surface area contributed by atoms with Gasteiger partial charge >= 0.3 is 5.97 Å². The molecule has 0 spiro atoms. The first kappa shape index (κ1) is 39.3. The molecule has 4 rings (SSSR count). The Morgan fingerprint density at radius 1 is 0.961 bits per heavy atom. The van der Waals surface area contributed by atoms with E-state index in [4.69, 9.17) is 9.47 Å². The number of pyridine rings is 1. The molecule has 51 heavy (non-hydrogen) atoms. The lowest BCUT2D eigenvalue weighted by Gasteiger charge is -2.34. The Labute approximate surface area is 300 Å². The van der Waals surface area contributed by atoms with E-state index in [1.54, 1.807) is 56.7 Å². The number of amides is 4. The second-order valence-electron chi connectivity index (χ2n) is 13.9. The van der Waals surface area contributed by atoms with E-state index in [-0.39, 0.29) is 55.6 Å². The summed E-state index contributed by atoms with van der Waals surface area (Å²) < 4.78 is 11.3. The predicted octanol–water partition coefficient (Wildman–Crippen LogP) is 3.04. The van der Waals surface area contributed by atoms with Crippen LogP contribution >= 0.6 is 0 Å². The van der Waals surface area contributed by atoms with E-state index >= 15 is 0 Å². The van der Waals surface area contributed by atoms with Crippen LogP contribution in [0.25, 0.3) is 0 Å². The molecule has 0 aliphatic carbocycles. The molecule has 2 aromatic rings. The number of nitrogens with one attached hydrogen (secondary N) is 2. The molecule has 1 aromatic carbocycles. The number of rotatable bonds is 4. The van der Waals surface area contributed by atoms with Crippen LogP contribution in [0, 0.1) is 5.92 Å². The van der Waals surface area contributed by atoms with Gasteiger partial charge in [0.1, 0.15) is 23.9 Å². The number of para-hydroxylation sites is 1. The zero-order valence-corrected chi connectivity index (χ0v) is 30.2. The first-order chi connectivity index (χ1) is 24.5. The van der Waals surface area contributed by atoms with Gasteiger partial charge in [0.25, 0.3) is 5.91 Å². The number of ether oxygens (including phenoxy) is 2. The molecular formula is C38H53N5O8. The molecule has 2 aliphatic heterocycles. The number of benzene rings is 1. The molecule has 0 saturated carbocycles. The second-order valence-corrected chi connectivity index (χ2v) is 13.9. The molecule has 2 aliphatic rings. The summed E-state index contributed by atoms with van der Waals surface area (Å²) in [5.41, 5.74) is 0.895. The number of aliphatic hydroxyl groups is 1. The Kier molecular flexibility index (Phi) is 14.8. The van der Waals surface area contributed by atoms with Gasteiger partial charge in [0.2, 0.25) is 17.7 Å². The average molecular weight is 708 g/mol. The quantitative estimate of drug-likeness (QED) is 0.405. The first-order valence-electron chi connectivity index (χ1n) is 18.1. The maximum Gasteiger partial charge on any atom is 0.347 e. The van der Waals surface area contributed by atoms with Crippen LogP contribution in [-0.4, -0.2) is 107 Å². The van der Waals surface area contributed by atoms with Crippen molar-refractivity contribution in [3.8, 4) is 5.75 Å². The molecule has 13 nitrogen and oxygen atoms in total. The van der Waals surface area contributed by atoms with Crippen LogP contribution in [0.4, 0.5) is 0 Å². The van der Waals surface area contributed by atoms with Crippen molar-refractivity contribution in [1.82, 2.24) is 25.4 Å². The van der Waals surface area contributed by atoms with Gasteiger partial charge in [-0.15, -0.1) is 0 Å². The van der Waals surface area contributed by atoms with E-state index in [2.05, 4.69) is 15.6 Å². The van der Waals surface area contributed by atoms with Crippen molar-refractivity contribution < 1.29 is 38.6 Å². The molecule has 3 heterocycles. The number of carbonyl (C=O) groups is 5. The fourth-order valence-corrected chi connectivity index (χ4v) is 6.51. The number of aliphatic hydroxyl groups excluding tert-OH is 1. The Morgan fingerprint density at radius 2 is 1.69 bits per heavy atom. The Balaban J connectivity index is 1.63. The van der Waals surface area contributed by atoms with Crippen molar-refractivity contribution in [1.29, 1.82) is 0 Å². The van der Waals surface area contributed by atoms with Crippen LogP contribution in [0.2, 0.25) is 0 Å². The summed E-state index contributed by atoms with van der Waals surface area (Å²) in [6.07, 6.45) is 6.92. The number of cyclic esters (lactones) is 1. The van der Waals surface area contributed by atoms with E-state index < -0.39 is 54.0 Å². The van der Waals surface area contributed by atoms with Crippen LogP contribution in [0.1, 0.15) is 88.1 Å². The number of hydrogen-bond donors (Lipinski definition) is 3. The minimum Gasteiger partial charge on any atom is -0.478 e. The Morgan fingerprint density at radius 3 is 2.41 bits per heavy atom. The highest BCUT2D eigenvalue weighted by Gasteiger charge is 2.44. The third kappa shape index (κ3) is 11.2. The Hall–Kier alpha value is -4.52. The Bertz CT molecular complexity index is 1490. The number of carbonyl (C=O) groups excluding carboxylic acids is 5. The van der Waals surface area contributed by atoms with Crippen LogP contribution in [0.5, 0.6) is 5.75 Å². The van der Waals surface area contributed by atoms with Crippen LogP contribution in [0.15, 0.2) is 48.8 Å². The normalized spacial score (nSPS) is 25.5. The molecule has 13 heteroatoms. The lowest BCUT2D eigenvalue weighted by molar-refractivity contribution is -0.151. The molecule has 3 N–H and O–H groups in total. The van der Waals surface area contributed by atoms with Gasteiger partial charge in [-0.25, -0.2) is 4.79 Å². The minimum absolute atomic E-state index is 0.0108. The third-order valence-electron chi connectivity index (χ3n) is 9.31. The number of fused-ring (bicyclic) bond motifs is 2. The predicted molar refractivity (Wildman–Crippen MR) is 190 cm³/mol. The molecular weight excluding hydrogens is 654 g/mol. The standard InChI is InChI=1S/C38H53N5O8/c1-25(2)20-30-36(47)43-24-28(44)22-32(43)37(48)42(4)31(21-27-14-13-17-39-23-27)35(46)40-18-11-7-5-6-8-12-19-50-38(49)26(3)51-33-16-10-9-15-29(33)34(45)41-30/h9-10,13-17,23,25-26,28,30-32,44H,5-8,11-12,18-22,24H2,1-4H3,(H,40,46)(H,41,45)/t26-,28-,30+,31-,32+/m0/s1. The van der Waals surface area contributed by atoms with Crippen molar-refractivity contribution >= 4 is 29.6 Å². The number of hydrogen-bond acceptors (Lipinski definition) is 9. The zero-order chi connectivity index (χ0) is 36.9. The van der Waals surface area contributed by atoms with Crippen molar-refractivity contribution in [2.24, 2.45) is 5.92 Å². The fraction of sp³-hybridized carbons (Fsp3) is 0.579. The molecule has 1 saturated heterocycles. The van der Waals surface area contributed by atoms with Gasteiger partial charge in [-0.05, 0) is 55.9 Å². The highest BCUT2D eigenvalue weighted by molar-refractivity contribution is 6.00. The van der Waals surface area contributed by atoms with E-state index in [9.17, 15) is 29.1 Å². The molecule has 0 bridgehead atoms. The monoisotopic (exact) mass is 707 g/mol. The van der Waals surface area contributed by atoms with Gasteiger partial charge in [0.15, 0.2) is 6.10 Å². The van der Waals surface area contributed by atoms with Crippen molar-refractivity contribution in [3.05, 3.63) is 59.9 Å². The molecule has 1 aromatic heterocycles. The third-order valence-corrected chi connectivity index (χ3v) is 9.31. The zero-order valence-electron chi connectivity index (χ0n) is 30.2. The minimum atomic E-state index is -1.05. The fourth-order valence-electron chi connectivity index (χ4n) is 6.51. The maximum atomic E-state index is 14.2. The van der Waals surface area contributed by atoms with Crippen LogP contribution < -0.4 is 15.4 Å². The first-order valence-corrected chi connectivity index (χ1v) is 18.1. The van der Waals surface area contributed by atoms with E-state index in [1.807, 2.05) is 19.9 Å². The van der Waals surface area contributed by atoms with Crippen molar-refractivity contribution in [2.45, 2.75) is 109 Å². The van der Waals surface area contributed by atoms with Gasteiger partial charge < -0.3 is 35.0 Å². The summed E-state index contributed by atoms with van der Waals surface area (Å²) in [7, 11) is 1.54. The molecule has 4 amide bonds. The topological polar surface area (TPSA) is 167 Å². The van der Waals surface area contributed by atoms with E-state index in [1.165, 1.54) is 9.80 Å². The molecule has 0 unspecified atom stereocenters. The molecule has 0 radical (unpaired) electrons. The highest BCUT2D eigenvalue weighted by atomic mass is 16.6. The lowest BCUT2D eigenvalue weighted by atomic mass is 10.0. The summed E-state index contributed by atoms with van der Waals surface area (Å²) in [5.74, 6) is -2.33. The number of aromatic nitrogens is 1. The number of likely N-dealkylation sites (N-methyl/N-ethyl adjacent to an activating group) is 1. The SMILES string of the molecule is CC(C)C[C@H]1NC(=O)c2ccccc2O[C@@H](C)C(=O)OCCCCCCCCNC(=O)[C@H](Cc2cccnc2)N(C)C(=O)[C@H]2C[C@H](O)CN2C1=O. The maximum absolute atomic E-state index is 14.2. The van der Waals surface area contributed by atoms with Crippen LogP contribution in [-0.2, 0) is 30.3 Å². The summed E-state index contributed by atoms with van der Waals surface area (Å²) in [6, 6.07) is 7.07. The molecule has 5 atom stereocenters.